The Labute approximate surface area is 160 Å². The van der Waals surface area contributed by atoms with Gasteiger partial charge in [0, 0.05) is 12.1 Å². The van der Waals surface area contributed by atoms with Crippen molar-refractivity contribution in [2.24, 2.45) is 0 Å². The van der Waals surface area contributed by atoms with E-state index in [1.165, 1.54) is 0 Å². The van der Waals surface area contributed by atoms with Crippen molar-refractivity contribution in [1.29, 1.82) is 0 Å². The summed E-state index contributed by atoms with van der Waals surface area (Å²) in [4.78, 5) is 41.7. The Bertz CT molecular complexity index is 753. The summed E-state index contributed by atoms with van der Waals surface area (Å²) in [5, 5.41) is 2.88. The maximum absolute atomic E-state index is 13.2. The molecular weight excluding hydrogens is 342 g/mol. The number of carbonyl (C=O) groups is 3. The largest absolute Gasteiger partial charge is 0.336 e. The second-order valence-electron chi connectivity index (χ2n) is 7.70. The highest BCUT2D eigenvalue weighted by atomic mass is 16.2. The molecule has 3 rings (SSSR count). The van der Waals surface area contributed by atoms with Crippen molar-refractivity contribution in [3.05, 3.63) is 35.4 Å². The van der Waals surface area contributed by atoms with Crippen LogP contribution in [0.25, 0.3) is 0 Å². The van der Waals surface area contributed by atoms with Gasteiger partial charge in [-0.05, 0) is 50.7 Å². The van der Waals surface area contributed by atoms with Crippen LogP contribution in [0.3, 0.4) is 0 Å². The third kappa shape index (κ3) is 3.11. The highest BCUT2D eigenvalue weighted by Crippen LogP contribution is 2.41. The van der Waals surface area contributed by atoms with Crippen LogP contribution < -0.4 is 5.32 Å². The summed E-state index contributed by atoms with van der Waals surface area (Å²) in [6, 6.07) is 7.37. The molecule has 0 saturated carbocycles. The molecule has 1 spiro atoms. The van der Waals surface area contributed by atoms with Crippen molar-refractivity contribution < 1.29 is 14.4 Å². The molecule has 1 aromatic carbocycles. The summed E-state index contributed by atoms with van der Waals surface area (Å²) in [7, 11) is 0. The second-order valence-corrected chi connectivity index (χ2v) is 7.70. The predicted molar refractivity (Wildman–Crippen MR) is 103 cm³/mol. The zero-order valence-electron chi connectivity index (χ0n) is 16.6. The third-order valence-electron chi connectivity index (χ3n) is 6.13. The molecule has 0 aromatic heterocycles. The minimum atomic E-state index is -1.01. The molecule has 1 heterocycles. The molecule has 1 saturated heterocycles. The summed E-state index contributed by atoms with van der Waals surface area (Å²) in [6.45, 7) is 7.87. The molecule has 6 heteroatoms. The Morgan fingerprint density at radius 1 is 1.19 bits per heavy atom. The molecule has 1 fully saturated rings. The van der Waals surface area contributed by atoms with E-state index >= 15 is 0 Å². The van der Waals surface area contributed by atoms with Crippen molar-refractivity contribution in [2.75, 3.05) is 6.54 Å². The van der Waals surface area contributed by atoms with Gasteiger partial charge in [0.25, 0.3) is 5.91 Å². The summed E-state index contributed by atoms with van der Waals surface area (Å²) in [5.74, 6) is -0.482. The van der Waals surface area contributed by atoms with Crippen molar-refractivity contribution in [3.8, 4) is 0 Å². The Morgan fingerprint density at radius 3 is 2.44 bits per heavy atom. The first kappa shape index (κ1) is 19.4. The van der Waals surface area contributed by atoms with Crippen LogP contribution in [0.1, 0.15) is 58.1 Å². The van der Waals surface area contributed by atoms with Crippen LogP contribution in [-0.2, 0) is 21.5 Å². The first-order valence-corrected chi connectivity index (χ1v) is 9.89. The van der Waals surface area contributed by atoms with Gasteiger partial charge in [0.05, 0.1) is 0 Å². The fourth-order valence-corrected chi connectivity index (χ4v) is 4.27. The van der Waals surface area contributed by atoms with Crippen LogP contribution in [0.2, 0.25) is 0 Å². The number of imide groups is 1. The van der Waals surface area contributed by atoms with E-state index in [1.54, 1.807) is 0 Å². The van der Waals surface area contributed by atoms with E-state index in [1.807, 2.05) is 56.9 Å². The molecule has 1 aliphatic carbocycles. The molecule has 0 unspecified atom stereocenters. The first-order chi connectivity index (χ1) is 12.9. The minimum absolute atomic E-state index is 0.0642. The lowest BCUT2D eigenvalue weighted by Gasteiger charge is -2.35. The fraction of sp³-hybridized carbons (Fsp3) is 0.571. The van der Waals surface area contributed by atoms with E-state index in [-0.39, 0.29) is 30.4 Å². The molecule has 0 radical (unpaired) electrons. The molecule has 27 heavy (non-hydrogen) atoms. The first-order valence-electron chi connectivity index (χ1n) is 9.89. The maximum atomic E-state index is 13.2. The van der Waals surface area contributed by atoms with E-state index in [2.05, 4.69) is 5.32 Å². The highest BCUT2D eigenvalue weighted by Gasteiger charge is 2.55. The van der Waals surface area contributed by atoms with Crippen LogP contribution >= 0.6 is 0 Å². The van der Waals surface area contributed by atoms with E-state index in [0.717, 1.165) is 35.3 Å². The number of amides is 4. The van der Waals surface area contributed by atoms with Gasteiger partial charge >= 0.3 is 6.03 Å². The Balaban J connectivity index is 1.83. The Morgan fingerprint density at radius 2 is 1.81 bits per heavy atom. The van der Waals surface area contributed by atoms with Crippen molar-refractivity contribution >= 4 is 17.8 Å². The summed E-state index contributed by atoms with van der Waals surface area (Å²) in [6.07, 6.45) is 2.94. The van der Waals surface area contributed by atoms with E-state index < -0.39 is 11.6 Å². The number of aryl methyl sites for hydroxylation is 1. The number of hydrogen-bond donors (Lipinski definition) is 1. The standard InChI is InChI=1S/C21H29N3O3/c1-5-14(3)24(15(4)6-2)18(25)13-23-19(26)21(22-20(23)27)12-11-16-9-7-8-10-17(16)21/h7-10,14-15H,5-6,11-13H2,1-4H3,(H,22,27)/t14-,15-,21+/m0/s1. The minimum Gasteiger partial charge on any atom is -0.336 e. The molecule has 3 atom stereocenters. The lowest BCUT2D eigenvalue weighted by Crippen LogP contribution is -2.50. The molecule has 146 valence electrons. The van der Waals surface area contributed by atoms with Crippen LogP contribution in [0.5, 0.6) is 0 Å². The molecule has 1 aliphatic heterocycles. The molecule has 1 aromatic rings. The number of nitrogens with one attached hydrogen (secondary N) is 1. The number of carbonyl (C=O) groups excluding carboxylic acids is 3. The Kier molecular flexibility index (Phi) is 5.27. The lowest BCUT2D eigenvalue weighted by atomic mass is 9.92. The zero-order chi connectivity index (χ0) is 19.8. The van der Waals surface area contributed by atoms with Gasteiger partial charge in [0.2, 0.25) is 5.91 Å². The van der Waals surface area contributed by atoms with Gasteiger partial charge < -0.3 is 10.2 Å². The fourth-order valence-electron chi connectivity index (χ4n) is 4.27. The van der Waals surface area contributed by atoms with Gasteiger partial charge in [-0.3, -0.25) is 14.5 Å². The topological polar surface area (TPSA) is 69.7 Å². The van der Waals surface area contributed by atoms with Crippen LogP contribution in [0.15, 0.2) is 24.3 Å². The van der Waals surface area contributed by atoms with Crippen molar-refractivity contribution in [3.63, 3.8) is 0 Å². The number of rotatable bonds is 6. The van der Waals surface area contributed by atoms with Gasteiger partial charge in [-0.2, -0.15) is 0 Å². The third-order valence-corrected chi connectivity index (χ3v) is 6.13. The van der Waals surface area contributed by atoms with E-state index in [4.69, 9.17) is 0 Å². The number of fused-ring (bicyclic) bond motifs is 2. The average molecular weight is 371 g/mol. The quantitative estimate of drug-likeness (QED) is 0.782. The molecule has 1 N–H and O–H groups in total. The summed E-state index contributed by atoms with van der Waals surface area (Å²) >= 11 is 0. The van der Waals surface area contributed by atoms with E-state index in [9.17, 15) is 14.4 Å². The van der Waals surface area contributed by atoms with Crippen molar-refractivity contribution in [1.82, 2.24) is 15.1 Å². The molecule has 0 bridgehead atoms. The highest BCUT2D eigenvalue weighted by molar-refractivity contribution is 6.09. The SMILES string of the molecule is CC[C@H](C)N(C(=O)CN1C(=O)N[C@@]2(CCc3ccccc32)C1=O)[C@@H](C)CC. The van der Waals surface area contributed by atoms with Gasteiger partial charge in [-0.25, -0.2) is 4.79 Å². The van der Waals surface area contributed by atoms with E-state index in [0.29, 0.717) is 6.42 Å². The molecular formula is C21H29N3O3. The summed E-state index contributed by atoms with van der Waals surface area (Å²) in [5.41, 5.74) is 0.935. The number of urea groups is 1. The molecule has 2 aliphatic rings. The smallest absolute Gasteiger partial charge is 0.325 e. The lowest BCUT2D eigenvalue weighted by molar-refractivity contribution is -0.141. The van der Waals surface area contributed by atoms with Gasteiger partial charge in [-0.1, -0.05) is 38.1 Å². The van der Waals surface area contributed by atoms with Gasteiger partial charge in [0.15, 0.2) is 0 Å². The monoisotopic (exact) mass is 371 g/mol. The van der Waals surface area contributed by atoms with Crippen LogP contribution in [0, 0.1) is 0 Å². The normalized spacial score (nSPS) is 23.3. The number of nitrogens with zero attached hydrogens (tertiary/aromatic N) is 2. The molecule has 6 nitrogen and oxygen atoms in total. The molecule has 4 amide bonds. The summed E-state index contributed by atoms with van der Waals surface area (Å²) < 4.78 is 0. The van der Waals surface area contributed by atoms with Gasteiger partial charge in [0.1, 0.15) is 12.1 Å². The maximum Gasteiger partial charge on any atom is 0.325 e. The van der Waals surface area contributed by atoms with Crippen molar-refractivity contribution in [2.45, 2.75) is 71.0 Å². The van der Waals surface area contributed by atoms with Crippen LogP contribution in [-0.4, -0.2) is 46.3 Å². The zero-order valence-corrected chi connectivity index (χ0v) is 16.6. The predicted octanol–water partition coefficient (Wildman–Crippen LogP) is 2.81. The average Bonchev–Trinajstić information content (AvgIpc) is 3.15. The van der Waals surface area contributed by atoms with Gasteiger partial charge in [-0.15, -0.1) is 0 Å². The number of benzene rings is 1. The number of hydrogen-bond acceptors (Lipinski definition) is 3. The van der Waals surface area contributed by atoms with Crippen LogP contribution in [0.4, 0.5) is 4.79 Å². The Hall–Kier alpha value is -2.37. The second kappa shape index (κ2) is 7.33.